The molecule has 2 heteroatoms. The lowest BCUT2D eigenvalue weighted by atomic mass is 10.2. The minimum atomic E-state index is 0.502. The van der Waals surface area contributed by atoms with Crippen LogP contribution in [0.15, 0.2) is 60.7 Å². The first-order valence-corrected chi connectivity index (χ1v) is 6.04. The Hall–Kier alpha value is -1.77. The molecule has 0 aliphatic heterocycles. The Bertz CT molecular complexity index is 382. The van der Waals surface area contributed by atoms with Crippen LogP contribution < -0.4 is 0 Å². The van der Waals surface area contributed by atoms with Gasteiger partial charge in [0.25, 0.3) is 6.61 Å². The second kappa shape index (κ2) is 7.54. The van der Waals surface area contributed by atoms with Crippen molar-refractivity contribution in [2.24, 2.45) is 0 Å². The van der Waals surface area contributed by atoms with E-state index in [0.29, 0.717) is 19.8 Å². The molecule has 0 fully saturated rings. The second-order valence-electron chi connectivity index (χ2n) is 3.96. The van der Waals surface area contributed by atoms with Crippen molar-refractivity contribution in [3.05, 3.63) is 78.4 Å². The minimum absolute atomic E-state index is 0.502. The molecule has 2 rings (SSSR count). The summed E-state index contributed by atoms with van der Waals surface area (Å²) in [7, 11) is 0. The van der Waals surface area contributed by atoms with E-state index in [9.17, 15) is 0 Å². The summed E-state index contributed by atoms with van der Waals surface area (Å²) < 4.78 is 10.9. The van der Waals surface area contributed by atoms with Crippen LogP contribution in [0.4, 0.5) is 0 Å². The van der Waals surface area contributed by atoms with E-state index < -0.39 is 0 Å². The van der Waals surface area contributed by atoms with Crippen LogP contribution >= 0.6 is 0 Å². The van der Waals surface area contributed by atoms with Crippen molar-refractivity contribution in [3.8, 4) is 0 Å². The highest BCUT2D eigenvalue weighted by Gasteiger charge is 2.01. The van der Waals surface area contributed by atoms with Gasteiger partial charge in [-0.2, -0.15) is 4.74 Å². The summed E-state index contributed by atoms with van der Waals surface area (Å²) in [5.41, 5.74) is 2.34. The quantitative estimate of drug-likeness (QED) is 0.545. The van der Waals surface area contributed by atoms with Crippen LogP contribution in [0.3, 0.4) is 0 Å². The molecule has 0 radical (unpaired) electrons. The summed E-state index contributed by atoms with van der Waals surface area (Å²) >= 11 is 0. The fraction of sp³-hybridized carbons (Fsp3) is 0.188. The third kappa shape index (κ3) is 4.62. The number of hydrogen-bond acceptors (Lipinski definition) is 2. The van der Waals surface area contributed by atoms with Gasteiger partial charge < -0.3 is 4.74 Å². The molecule has 2 aromatic carbocycles. The standard InChI is InChI=1S/C16H17O2/c1-3-7-15(8-4-1)13-17-11-12-18-14-16-9-5-2-6-10-16/h1-11H,12-14H2/q+1. The van der Waals surface area contributed by atoms with E-state index in [1.165, 1.54) is 5.56 Å². The SMILES string of the molecule is c1ccc(CO[CH+]COCc2ccccc2)cc1. The zero-order valence-electron chi connectivity index (χ0n) is 10.3. The van der Waals surface area contributed by atoms with E-state index in [-0.39, 0.29) is 0 Å². The van der Waals surface area contributed by atoms with Crippen molar-refractivity contribution in [1.82, 2.24) is 0 Å². The molecule has 0 atom stereocenters. The first kappa shape index (κ1) is 12.7. The summed E-state index contributed by atoms with van der Waals surface area (Å²) in [6.07, 6.45) is 0. The van der Waals surface area contributed by atoms with E-state index in [2.05, 4.69) is 0 Å². The van der Waals surface area contributed by atoms with E-state index in [1.807, 2.05) is 60.7 Å². The molecule has 0 heterocycles. The number of rotatable bonds is 7. The number of hydrogen-bond donors (Lipinski definition) is 0. The van der Waals surface area contributed by atoms with Gasteiger partial charge in [0.15, 0.2) is 0 Å². The van der Waals surface area contributed by atoms with Gasteiger partial charge in [-0.3, -0.25) is 0 Å². The predicted octanol–water partition coefficient (Wildman–Crippen LogP) is 3.58. The van der Waals surface area contributed by atoms with Crippen LogP contribution in [-0.2, 0) is 22.7 Å². The predicted molar refractivity (Wildman–Crippen MR) is 71.6 cm³/mol. The summed E-state index contributed by atoms with van der Waals surface area (Å²) in [6, 6.07) is 20.2. The van der Waals surface area contributed by atoms with Gasteiger partial charge >= 0.3 is 0 Å². The first-order chi connectivity index (χ1) is 8.95. The third-order valence-corrected chi connectivity index (χ3v) is 2.51. The van der Waals surface area contributed by atoms with Crippen molar-refractivity contribution in [1.29, 1.82) is 0 Å². The Morgan fingerprint density at radius 2 is 1.28 bits per heavy atom. The second-order valence-corrected chi connectivity index (χ2v) is 3.96. The van der Waals surface area contributed by atoms with E-state index in [4.69, 9.17) is 9.47 Å². The van der Waals surface area contributed by atoms with Gasteiger partial charge in [0, 0.05) is 0 Å². The highest BCUT2D eigenvalue weighted by atomic mass is 16.5. The number of ether oxygens (including phenoxy) is 2. The zero-order valence-corrected chi connectivity index (χ0v) is 10.3. The van der Waals surface area contributed by atoms with Gasteiger partial charge in [0.1, 0.15) is 6.61 Å². The summed E-state index contributed by atoms with van der Waals surface area (Å²) in [6.45, 7) is 3.42. The van der Waals surface area contributed by atoms with Crippen LogP contribution in [0.25, 0.3) is 0 Å². The van der Waals surface area contributed by atoms with Gasteiger partial charge in [-0.1, -0.05) is 60.7 Å². The Kier molecular flexibility index (Phi) is 5.31. The maximum absolute atomic E-state index is 5.48. The topological polar surface area (TPSA) is 18.5 Å². The Morgan fingerprint density at radius 3 is 1.89 bits per heavy atom. The molecule has 18 heavy (non-hydrogen) atoms. The highest BCUT2D eigenvalue weighted by molar-refractivity contribution is 5.14. The van der Waals surface area contributed by atoms with Gasteiger partial charge in [0.05, 0.1) is 6.61 Å². The van der Waals surface area contributed by atoms with Gasteiger partial charge in [-0.05, 0) is 11.1 Å². The van der Waals surface area contributed by atoms with Crippen LogP contribution in [0.5, 0.6) is 0 Å². The Balaban J connectivity index is 1.54. The largest absolute Gasteiger partial charge is 0.333 e. The fourth-order valence-electron chi connectivity index (χ4n) is 1.58. The third-order valence-electron chi connectivity index (χ3n) is 2.51. The van der Waals surface area contributed by atoms with Crippen molar-refractivity contribution in [2.75, 3.05) is 6.61 Å². The molecule has 0 unspecified atom stereocenters. The Morgan fingerprint density at radius 1 is 0.722 bits per heavy atom. The van der Waals surface area contributed by atoms with E-state index in [0.717, 1.165) is 5.56 Å². The van der Waals surface area contributed by atoms with Gasteiger partial charge in [0.2, 0.25) is 6.61 Å². The molecule has 92 valence electrons. The lowest BCUT2D eigenvalue weighted by Gasteiger charge is -1.99. The summed E-state index contributed by atoms with van der Waals surface area (Å²) in [5.74, 6) is 0. The molecule has 0 aliphatic carbocycles. The average molecular weight is 241 g/mol. The van der Waals surface area contributed by atoms with E-state index in [1.54, 1.807) is 6.61 Å². The molecule has 0 aromatic heterocycles. The van der Waals surface area contributed by atoms with Crippen molar-refractivity contribution in [3.63, 3.8) is 0 Å². The van der Waals surface area contributed by atoms with Crippen LogP contribution in [0, 0.1) is 6.61 Å². The molecule has 0 spiro atoms. The average Bonchev–Trinajstić information content (AvgIpc) is 2.45. The summed E-state index contributed by atoms with van der Waals surface area (Å²) in [4.78, 5) is 0. The summed E-state index contributed by atoms with van der Waals surface area (Å²) in [5, 5.41) is 0. The van der Waals surface area contributed by atoms with Crippen LogP contribution in [-0.4, -0.2) is 6.61 Å². The molecule has 0 bridgehead atoms. The smallest absolute Gasteiger partial charge is 0.255 e. The van der Waals surface area contributed by atoms with Gasteiger partial charge in [-0.25, -0.2) is 0 Å². The maximum atomic E-state index is 5.48. The monoisotopic (exact) mass is 241 g/mol. The van der Waals surface area contributed by atoms with Crippen LogP contribution in [0.2, 0.25) is 0 Å². The van der Waals surface area contributed by atoms with Crippen molar-refractivity contribution >= 4 is 0 Å². The molecular formula is C16H17O2+. The van der Waals surface area contributed by atoms with E-state index >= 15 is 0 Å². The molecule has 0 amide bonds. The van der Waals surface area contributed by atoms with Crippen LogP contribution in [0.1, 0.15) is 11.1 Å². The molecule has 2 aromatic rings. The minimum Gasteiger partial charge on any atom is -0.333 e. The molecule has 0 N–H and O–H groups in total. The lowest BCUT2D eigenvalue weighted by Crippen LogP contribution is -1.99. The maximum Gasteiger partial charge on any atom is 0.255 e. The lowest BCUT2D eigenvalue weighted by molar-refractivity contribution is 0.0762. The van der Waals surface area contributed by atoms with Gasteiger partial charge in [-0.15, -0.1) is 0 Å². The number of benzene rings is 2. The van der Waals surface area contributed by atoms with Crippen molar-refractivity contribution in [2.45, 2.75) is 13.2 Å². The zero-order chi connectivity index (χ0) is 12.5. The molecule has 0 saturated heterocycles. The molecule has 2 nitrogen and oxygen atoms in total. The first-order valence-electron chi connectivity index (χ1n) is 6.04. The van der Waals surface area contributed by atoms with Crippen molar-refractivity contribution < 1.29 is 9.47 Å². The molecule has 0 aliphatic rings. The Labute approximate surface area is 108 Å². The highest BCUT2D eigenvalue weighted by Crippen LogP contribution is 2.03. The normalized spacial score (nSPS) is 10.2. The molecular weight excluding hydrogens is 224 g/mol. The molecule has 0 saturated carbocycles. The fourth-order valence-corrected chi connectivity index (χ4v) is 1.58.